The average Bonchev–Trinajstić information content (AvgIpc) is 2.44. The molecule has 0 amide bonds. The zero-order valence-electron chi connectivity index (χ0n) is 10.7. The van der Waals surface area contributed by atoms with Gasteiger partial charge in [-0.1, -0.05) is 23.2 Å². The van der Waals surface area contributed by atoms with E-state index in [0.717, 1.165) is 16.4 Å². The van der Waals surface area contributed by atoms with Crippen LogP contribution in [0.1, 0.15) is 12.8 Å². The van der Waals surface area contributed by atoms with Crippen molar-refractivity contribution in [2.75, 3.05) is 13.1 Å². The highest BCUT2D eigenvalue weighted by Gasteiger charge is 2.33. The van der Waals surface area contributed by atoms with Gasteiger partial charge in [-0.2, -0.15) is 4.31 Å². The number of nitrogens with zero attached hydrogens (tertiary/aromatic N) is 1. The molecule has 0 unspecified atom stereocenters. The highest BCUT2D eigenvalue weighted by Crippen LogP contribution is 2.32. The Hall–Kier alpha value is -0.890. The molecule has 0 radical (unpaired) electrons. The maximum atomic E-state index is 13.6. The molecular weight excluding hydrogens is 344 g/mol. The largest absolute Gasteiger partial charge is 0.481 e. The molecule has 1 fully saturated rings. The van der Waals surface area contributed by atoms with E-state index < -0.39 is 32.8 Å². The number of hydrogen-bond donors (Lipinski definition) is 1. The Morgan fingerprint density at radius 1 is 1.29 bits per heavy atom. The van der Waals surface area contributed by atoms with Crippen LogP contribution in [0.2, 0.25) is 10.0 Å². The number of carbonyl (C=O) groups is 1. The van der Waals surface area contributed by atoms with E-state index >= 15 is 0 Å². The minimum Gasteiger partial charge on any atom is -0.481 e. The maximum absolute atomic E-state index is 13.6. The monoisotopic (exact) mass is 355 g/mol. The van der Waals surface area contributed by atoms with Gasteiger partial charge in [-0.25, -0.2) is 12.8 Å². The summed E-state index contributed by atoms with van der Waals surface area (Å²) in [6, 6.07) is 2.27. The van der Waals surface area contributed by atoms with Gasteiger partial charge in [-0.3, -0.25) is 4.79 Å². The summed E-state index contributed by atoms with van der Waals surface area (Å²) >= 11 is 11.3. The number of rotatable bonds is 3. The van der Waals surface area contributed by atoms with Gasteiger partial charge in [0.05, 0.1) is 16.0 Å². The summed E-state index contributed by atoms with van der Waals surface area (Å²) < 4.78 is 39.6. The molecule has 1 aliphatic heterocycles. The molecule has 9 heteroatoms. The normalized spacial score (nSPS) is 17.9. The molecule has 1 heterocycles. The van der Waals surface area contributed by atoms with Crippen LogP contribution in [0.25, 0.3) is 0 Å². The van der Waals surface area contributed by atoms with Gasteiger partial charge in [0, 0.05) is 13.1 Å². The second-order valence-corrected chi connectivity index (χ2v) is 7.38. The van der Waals surface area contributed by atoms with Gasteiger partial charge in [0.2, 0.25) is 10.0 Å². The second kappa shape index (κ2) is 6.08. The molecule has 0 aromatic heterocycles. The Balaban J connectivity index is 2.28. The van der Waals surface area contributed by atoms with Gasteiger partial charge in [-0.05, 0) is 25.0 Å². The third-order valence-electron chi connectivity index (χ3n) is 3.42. The number of carboxylic acids is 1. The van der Waals surface area contributed by atoms with Crippen molar-refractivity contribution in [2.45, 2.75) is 17.7 Å². The fraction of sp³-hybridized carbons (Fsp3) is 0.417. The highest BCUT2D eigenvalue weighted by atomic mass is 35.5. The number of halogens is 3. The van der Waals surface area contributed by atoms with Gasteiger partial charge in [0.15, 0.2) is 5.82 Å². The van der Waals surface area contributed by atoms with Gasteiger partial charge in [0.1, 0.15) is 4.90 Å². The molecule has 1 N–H and O–H groups in total. The van der Waals surface area contributed by atoms with Crippen LogP contribution in [-0.2, 0) is 14.8 Å². The Morgan fingerprint density at radius 3 is 2.38 bits per heavy atom. The van der Waals surface area contributed by atoms with Crippen molar-refractivity contribution in [3.8, 4) is 0 Å². The molecule has 1 aliphatic rings. The number of carboxylic acid groups (broad SMARTS) is 1. The molecule has 0 saturated carbocycles. The van der Waals surface area contributed by atoms with Crippen molar-refractivity contribution in [2.24, 2.45) is 5.92 Å². The lowest BCUT2D eigenvalue weighted by Crippen LogP contribution is -2.40. The number of sulfonamides is 1. The number of hydrogen-bond acceptors (Lipinski definition) is 3. The zero-order valence-corrected chi connectivity index (χ0v) is 13.1. The highest BCUT2D eigenvalue weighted by molar-refractivity contribution is 7.89. The van der Waals surface area contributed by atoms with Crippen molar-refractivity contribution >= 4 is 39.2 Å². The first-order valence-electron chi connectivity index (χ1n) is 6.11. The summed E-state index contributed by atoms with van der Waals surface area (Å²) in [7, 11) is -3.97. The summed E-state index contributed by atoms with van der Waals surface area (Å²) in [5, 5.41) is 8.09. The van der Waals surface area contributed by atoms with Crippen molar-refractivity contribution in [3.63, 3.8) is 0 Å². The fourth-order valence-electron chi connectivity index (χ4n) is 2.19. The summed E-state index contributed by atoms with van der Waals surface area (Å²) in [4.78, 5) is 10.5. The summed E-state index contributed by atoms with van der Waals surface area (Å²) in [5.41, 5.74) is 0. The maximum Gasteiger partial charge on any atom is 0.306 e. The molecule has 1 aromatic rings. The molecule has 1 saturated heterocycles. The van der Waals surface area contributed by atoms with Crippen molar-refractivity contribution < 1.29 is 22.7 Å². The predicted octanol–water partition coefficient (Wildman–Crippen LogP) is 2.62. The molecule has 1 aromatic carbocycles. The molecule has 0 spiro atoms. The van der Waals surface area contributed by atoms with Crippen molar-refractivity contribution in [1.29, 1.82) is 0 Å². The van der Waals surface area contributed by atoms with E-state index in [0.29, 0.717) is 0 Å². The Labute approximate surface area is 131 Å². The van der Waals surface area contributed by atoms with Crippen molar-refractivity contribution in [1.82, 2.24) is 4.31 Å². The van der Waals surface area contributed by atoms with E-state index in [2.05, 4.69) is 0 Å². The van der Waals surface area contributed by atoms with E-state index in [-0.39, 0.29) is 35.8 Å². The number of aliphatic carboxylic acids is 1. The zero-order chi connectivity index (χ0) is 15.8. The van der Waals surface area contributed by atoms with Crippen LogP contribution in [0.5, 0.6) is 0 Å². The molecule has 21 heavy (non-hydrogen) atoms. The van der Waals surface area contributed by atoms with Crippen LogP contribution >= 0.6 is 23.2 Å². The first kappa shape index (κ1) is 16.5. The summed E-state index contributed by atoms with van der Waals surface area (Å²) in [5.74, 6) is -2.49. The number of piperidine rings is 1. The van der Waals surface area contributed by atoms with Gasteiger partial charge < -0.3 is 5.11 Å². The lowest BCUT2D eigenvalue weighted by Gasteiger charge is -2.29. The van der Waals surface area contributed by atoms with Gasteiger partial charge >= 0.3 is 5.97 Å². The molecule has 0 aliphatic carbocycles. The van der Waals surface area contributed by atoms with E-state index in [9.17, 15) is 17.6 Å². The fourth-order valence-corrected chi connectivity index (χ4v) is 4.38. The lowest BCUT2D eigenvalue weighted by atomic mass is 9.99. The average molecular weight is 356 g/mol. The minimum atomic E-state index is -3.97. The molecular formula is C12H12Cl2FNO4S. The third-order valence-corrected chi connectivity index (χ3v) is 6.14. The summed E-state index contributed by atoms with van der Waals surface area (Å²) in [6.45, 7) is 0.111. The molecule has 2 rings (SSSR count). The van der Waals surface area contributed by atoms with Crippen LogP contribution < -0.4 is 0 Å². The lowest BCUT2D eigenvalue weighted by molar-refractivity contribution is -0.142. The Morgan fingerprint density at radius 2 is 1.86 bits per heavy atom. The van der Waals surface area contributed by atoms with E-state index in [1.807, 2.05) is 0 Å². The first-order chi connectivity index (χ1) is 9.75. The SMILES string of the molecule is O=C(O)C1CCN(S(=O)(=O)c2ccc(Cl)c(F)c2Cl)CC1. The van der Waals surface area contributed by atoms with Gasteiger partial charge in [-0.15, -0.1) is 0 Å². The topological polar surface area (TPSA) is 74.7 Å². The van der Waals surface area contributed by atoms with Crippen LogP contribution in [0.15, 0.2) is 17.0 Å². The standard InChI is InChI=1S/C12H12Cl2FNO4S/c13-8-1-2-9(10(14)11(8)15)21(19,20)16-5-3-7(4-6-16)12(17)18/h1-2,7H,3-6H2,(H,17,18). The van der Waals surface area contributed by atoms with Gasteiger partial charge in [0.25, 0.3) is 0 Å². The first-order valence-corrected chi connectivity index (χ1v) is 8.31. The smallest absolute Gasteiger partial charge is 0.306 e. The molecule has 0 atom stereocenters. The molecule has 0 bridgehead atoms. The quantitative estimate of drug-likeness (QED) is 0.845. The summed E-state index contributed by atoms with van der Waals surface area (Å²) in [6.07, 6.45) is 0.421. The van der Waals surface area contributed by atoms with Crippen LogP contribution in [0.4, 0.5) is 4.39 Å². The van der Waals surface area contributed by atoms with Crippen molar-refractivity contribution in [3.05, 3.63) is 28.0 Å². The third kappa shape index (κ3) is 3.15. The second-order valence-electron chi connectivity index (χ2n) is 4.69. The Kier molecular flexibility index (Phi) is 4.77. The minimum absolute atomic E-state index is 0.0554. The van der Waals surface area contributed by atoms with Crippen LogP contribution in [-0.4, -0.2) is 36.9 Å². The number of benzene rings is 1. The van der Waals surface area contributed by atoms with E-state index in [1.54, 1.807) is 0 Å². The molecule has 5 nitrogen and oxygen atoms in total. The van der Waals surface area contributed by atoms with Crippen LogP contribution in [0.3, 0.4) is 0 Å². The van der Waals surface area contributed by atoms with E-state index in [1.165, 1.54) is 0 Å². The molecule has 116 valence electrons. The van der Waals surface area contributed by atoms with Crippen LogP contribution in [0, 0.1) is 11.7 Å². The van der Waals surface area contributed by atoms with E-state index in [4.69, 9.17) is 28.3 Å². The predicted molar refractivity (Wildman–Crippen MR) is 75.5 cm³/mol. The Bertz CT molecular complexity index is 672.